The van der Waals surface area contributed by atoms with Gasteiger partial charge in [-0.3, -0.25) is 19.0 Å². The van der Waals surface area contributed by atoms with Gasteiger partial charge in [-0.1, -0.05) is 36.4 Å². The van der Waals surface area contributed by atoms with Gasteiger partial charge in [-0.25, -0.2) is 9.97 Å². The van der Waals surface area contributed by atoms with E-state index in [1.807, 2.05) is 36.4 Å². The molecule has 0 aliphatic carbocycles. The largest absolute Gasteiger partial charge is 0.364 e. The molecule has 0 bridgehead atoms. The number of carbonyl (C=O) groups excluding carboxylic acids is 2. The quantitative estimate of drug-likeness (QED) is 0.554. The molecule has 0 spiro atoms. The zero-order valence-corrected chi connectivity index (χ0v) is 14.7. The van der Waals surface area contributed by atoms with E-state index in [0.717, 1.165) is 11.1 Å². The van der Waals surface area contributed by atoms with Gasteiger partial charge in [0.2, 0.25) is 0 Å². The third kappa shape index (κ3) is 3.30. The Labute approximate surface area is 160 Å². The summed E-state index contributed by atoms with van der Waals surface area (Å²) in [6.07, 6.45) is 4.81. The number of nitrogens with zero attached hydrogens (tertiary/aromatic N) is 4. The van der Waals surface area contributed by atoms with Crippen molar-refractivity contribution >= 4 is 17.5 Å². The number of nitrogens with two attached hydrogens (primary N) is 1. The molecule has 0 aliphatic rings. The third-order valence-corrected chi connectivity index (χ3v) is 4.21. The number of rotatable bonds is 5. The fourth-order valence-corrected chi connectivity index (χ4v) is 2.87. The second kappa shape index (κ2) is 7.28. The van der Waals surface area contributed by atoms with Crippen LogP contribution in [0.25, 0.3) is 16.9 Å². The summed E-state index contributed by atoms with van der Waals surface area (Å²) in [6.45, 7) is 0.308. The Kier molecular flexibility index (Phi) is 4.51. The molecular weight excluding hydrogens is 356 g/mol. The minimum absolute atomic E-state index is 0.0130. The highest BCUT2D eigenvalue weighted by Crippen LogP contribution is 2.22. The van der Waals surface area contributed by atoms with Gasteiger partial charge in [-0.15, -0.1) is 0 Å². The van der Waals surface area contributed by atoms with Crippen molar-refractivity contribution in [3.8, 4) is 11.3 Å². The lowest BCUT2D eigenvalue weighted by atomic mass is 10.1. The average molecular weight is 372 g/mol. The van der Waals surface area contributed by atoms with Crippen LogP contribution in [-0.4, -0.2) is 31.2 Å². The molecule has 1 aromatic carbocycles. The van der Waals surface area contributed by atoms with E-state index in [-0.39, 0.29) is 22.9 Å². The second-order valence-corrected chi connectivity index (χ2v) is 6.09. The predicted octanol–water partition coefficient (Wildman–Crippen LogP) is 1.82. The Bertz CT molecular complexity index is 1160. The highest BCUT2D eigenvalue weighted by Gasteiger charge is 2.18. The van der Waals surface area contributed by atoms with E-state index in [1.54, 1.807) is 28.9 Å². The summed E-state index contributed by atoms with van der Waals surface area (Å²) in [6, 6.07) is 14.8. The zero-order chi connectivity index (χ0) is 19.5. The van der Waals surface area contributed by atoms with E-state index in [9.17, 15) is 9.59 Å². The van der Waals surface area contributed by atoms with Crippen molar-refractivity contribution in [3.63, 3.8) is 0 Å². The summed E-state index contributed by atoms with van der Waals surface area (Å²) < 4.78 is 1.65. The Morgan fingerprint density at radius 2 is 1.93 bits per heavy atom. The van der Waals surface area contributed by atoms with Crippen molar-refractivity contribution in [2.45, 2.75) is 6.54 Å². The van der Waals surface area contributed by atoms with Gasteiger partial charge in [-0.05, 0) is 23.3 Å². The van der Waals surface area contributed by atoms with Gasteiger partial charge in [0.25, 0.3) is 11.8 Å². The molecule has 0 atom stereocenters. The summed E-state index contributed by atoms with van der Waals surface area (Å²) >= 11 is 0. The molecule has 2 amide bonds. The molecule has 0 fully saturated rings. The minimum atomic E-state index is -0.707. The van der Waals surface area contributed by atoms with Crippen molar-refractivity contribution in [1.82, 2.24) is 24.7 Å². The molecule has 0 saturated heterocycles. The SMILES string of the molecule is NC(=O)c1ncn2c(-c3ccccc3)cc(C(=O)NCc3cccnc3)nc12. The first-order valence-electron chi connectivity index (χ1n) is 8.54. The zero-order valence-electron chi connectivity index (χ0n) is 14.7. The number of nitrogens with one attached hydrogen (secondary N) is 1. The van der Waals surface area contributed by atoms with Crippen molar-refractivity contribution < 1.29 is 9.59 Å². The Morgan fingerprint density at radius 1 is 1.11 bits per heavy atom. The standard InChI is InChI=1S/C20H16N6O2/c21-18(27)17-19-25-15(20(28)23-11-13-5-4-8-22-10-13)9-16(26(19)12-24-17)14-6-2-1-3-7-14/h1-10,12H,11H2,(H2,21,27)(H,23,28). The van der Waals surface area contributed by atoms with Crippen LogP contribution in [0.5, 0.6) is 0 Å². The molecular formula is C20H16N6O2. The molecule has 3 N–H and O–H groups in total. The normalized spacial score (nSPS) is 10.7. The number of imidazole rings is 1. The lowest BCUT2D eigenvalue weighted by Crippen LogP contribution is -2.24. The number of aromatic nitrogens is 4. The molecule has 4 aromatic rings. The lowest BCUT2D eigenvalue weighted by molar-refractivity contribution is 0.0944. The Morgan fingerprint density at radius 3 is 2.64 bits per heavy atom. The first-order chi connectivity index (χ1) is 13.6. The van der Waals surface area contributed by atoms with Crippen LogP contribution >= 0.6 is 0 Å². The monoisotopic (exact) mass is 372 g/mol. The molecule has 3 aromatic heterocycles. The molecule has 138 valence electrons. The summed E-state index contributed by atoms with van der Waals surface area (Å²) in [5, 5.41) is 2.81. The fourth-order valence-electron chi connectivity index (χ4n) is 2.87. The number of amides is 2. The van der Waals surface area contributed by atoms with E-state index >= 15 is 0 Å². The van der Waals surface area contributed by atoms with E-state index in [1.165, 1.54) is 6.33 Å². The predicted molar refractivity (Wildman–Crippen MR) is 102 cm³/mol. The molecule has 4 rings (SSSR count). The number of fused-ring (bicyclic) bond motifs is 1. The van der Waals surface area contributed by atoms with Crippen LogP contribution in [0, 0.1) is 0 Å². The van der Waals surface area contributed by atoms with Crippen LogP contribution in [-0.2, 0) is 6.54 Å². The Hall–Kier alpha value is -4.07. The van der Waals surface area contributed by atoms with Crippen LogP contribution in [0.15, 0.2) is 67.3 Å². The van der Waals surface area contributed by atoms with Crippen LogP contribution in [0.2, 0.25) is 0 Å². The maximum atomic E-state index is 12.7. The Balaban J connectivity index is 1.76. The van der Waals surface area contributed by atoms with Crippen LogP contribution < -0.4 is 11.1 Å². The van der Waals surface area contributed by atoms with E-state index in [4.69, 9.17) is 5.73 Å². The molecule has 0 aliphatic heterocycles. The maximum Gasteiger partial charge on any atom is 0.271 e. The highest BCUT2D eigenvalue weighted by atomic mass is 16.2. The van der Waals surface area contributed by atoms with Gasteiger partial charge >= 0.3 is 0 Å². The molecule has 0 unspecified atom stereocenters. The smallest absolute Gasteiger partial charge is 0.271 e. The van der Waals surface area contributed by atoms with Crippen molar-refractivity contribution in [1.29, 1.82) is 0 Å². The number of primary amides is 1. The highest BCUT2D eigenvalue weighted by molar-refractivity contribution is 5.99. The number of hydrogen-bond acceptors (Lipinski definition) is 5. The van der Waals surface area contributed by atoms with Gasteiger partial charge in [-0.2, -0.15) is 0 Å². The van der Waals surface area contributed by atoms with E-state index < -0.39 is 5.91 Å². The number of benzene rings is 1. The molecule has 0 radical (unpaired) electrons. The maximum absolute atomic E-state index is 12.7. The summed E-state index contributed by atoms with van der Waals surface area (Å²) in [5.74, 6) is -1.08. The van der Waals surface area contributed by atoms with Gasteiger partial charge < -0.3 is 11.1 Å². The first kappa shape index (κ1) is 17.3. The number of pyridine rings is 1. The first-order valence-corrected chi connectivity index (χ1v) is 8.54. The molecule has 8 heteroatoms. The lowest BCUT2D eigenvalue weighted by Gasteiger charge is -2.10. The van der Waals surface area contributed by atoms with Crippen LogP contribution in [0.1, 0.15) is 26.5 Å². The van der Waals surface area contributed by atoms with Crippen LogP contribution in [0.3, 0.4) is 0 Å². The molecule has 3 heterocycles. The number of carbonyl (C=O) groups is 2. The van der Waals surface area contributed by atoms with Gasteiger partial charge in [0.15, 0.2) is 11.3 Å². The van der Waals surface area contributed by atoms with Gasteiger partial charge in [0, 0.05) is 18.9 Å². The van der Waals surface area contributed by atoms with Gasteiger partial charge in [0.05, 0.1) is 5.69 Å². The summed E-state index contributed by atoms with van der Waals surface area (Å²) in [7, 11) is 0. The van der Waals surface area contributed by atoms with E-state index in [2.05, 4.69) is 20.3 Å². The average Bonchev–Trinajstić information content (AvgIpc) is 3.17. The van der Waals surface area contributed by atoms with Crippen molar-refractivity contribution in [2.75, 3.05) is 0 Å². The van der Waals surface area contributed by atoms with Crippen molar-refractivity contribution in [3.05, 3.63) is 84.2 Å². The van der Waals surface area contributed by atoms with E-state index in [0.29, 0.717) is 12.2 Å². The topological polar surface area (TPSA) is 115 Å². The minimum Gasteiger partial charge on any atom is -0.364 e. The van der Waals surface area contributed by atoms with Gasteiger partial charge in [0.1, 0.15) is 12.0 Å². The summed E-state index contributed by atoms with van der Waals surface area (Å²) in [5.41, 5.74) is 8.22. The molecule has 8 nitrogen and oxygen atoms in total. The number of hydrogen-bond donors (Lipinski definition) is 2. The van der Waals surface area contributed by atoms with Crippen LogP contribution in [0.4, 0.5) is 0 Å². The fraction of sp³-hybridized carbons (Fsp3) is 0.0500. The third-order valence-electron chi connectivity index (χ3n) is 4.21. The molecule has 28 heavy (non-hydrogen) atoms. The summed E-state index contributed by atoms with van der Waals surface area (Å²) in [4.78, 5) is 36.8. The molecule has 0 saturated carbocycles. The van der Waals surface area contributed by atoms with Crippen molar-refractivity contribution in [2.24, 2.45) is 5.73 Å². The second-order valence-electron chi connectivity index (χ2n) is 6.09.